The van der Waals surface area contributed by atoms with E-state index in [-0.39, 0.29) is 0 Å². The van der Waals surface area contributed by atoms with Gasteiger partial charge in [-0.2, -0.15) is 5.26 Å². The Bertz CT molecular complexity index is 590. The maximum Gasteiger partial charge on any atom is 0.124 e. The number of nitrogens with zero attached hydrogens (tertiary/aromatic N) is 1. The van der Waals surface area contributed by atoms with Crippen molar-refractivity contribution in [2.45, 2.75) is 0 Å². The van der Waals surface area contributed by atoms with E-state index in [0.29, 0.717) is 11.3 Å². The third-order valence-corrected chi connectivity index (χ3v) is 2.88. The van der Waals surface area contributed by atoms with E-state index in [2.05, 4.69) is 27.9 Å². The summed E-state index contributed by atoms with van der Waals surface area (Å²) < 4.78 is 14.0. The van der Waals surface area contributed by atoms with Gasteiger partial charge in [0.15, 0.2) is 0 Å². The number of rotatable bonds is 2. The van der Waals surface area contributed by atoms with Crippen LogP contribution in [0.3, 0.4) is 0 Å². The normalized spacial score (nSPS) is 9.71. The summed E-state index contributed by atoms with van der Waals surface area (Å²) in [6, 6.07) is 13.8. The molecule has 4 heteroatoms. The van der Waals surface area contributed by atoms with Gasteiger partial charge in [-0.1, -0.05) is 6.07 Å². The molecule has 1 N–H and O–H groups in total. The highest BCUT2D eigenvalue weighted by Crippen LogP contribution is 2.22. The van der Waals surface area contributed by atoms with E-state index in [0.717, 1.165) is 9.26 Å². The summed E-state index contributed by atoms with van der Waals surface area (Å²) in [5.41, 5.74) is 1.78. The van der Waals surface area contributed by atoms with Gasteiger partial charge in [-0.15, -0.1) is 0 Å². The fourth-order valence-electron chi connectivity index (χ4n) is 1.44. The van der Waals surface area contributed by atoms with Crippen molar-refractivity contribution in [3.8, 4) is 6.07 Å². The molecule has 17 heavy (non-hydrogen) atoms. The standard InChI is InChI=1S/C13H8FIN2/c14-10-4-5-13(9(6-10)8-16)17-12-3-1-2-11(15)7-12/h1-7,17H. The van der Waals surface area contributed by atoms with Crippen molar-refractivity contribution in [3.63, 3.8) is 0 Å². The lowest BCUT2D eigenvalue weighted by Gasteiger charge is -2.08. The minimum atomic E-state index is -0.408. The van der Waals surface area contributed by atoms with Gasteiger partial charge in [0.2, 0.25) is 0 Å². The number of anilines is 2. The van der Waals surface area contributed by atoms with E-state index < -0.39 is 5.82 Å². The topological polar surface area (TPSA) is 35.8 Å². The van der Waals surface area contributed by atoms with Crippen molar-refractivity contribution in [2.24, 2.45) is 0 Å². The zero-order chi connectivity index (χ0) is 12.3. The minimum Gasteiger partial charge on any atom is -0.354 e. The molecule has 2 aromatic carbocycles. The molecule has 0 amide bonds. The summed E-state index contributed by atoms with van der Waals surface area (Å²) in [5.74, 6) is -0.408. The maximum absolute atomic E-state index is 13.0. The summed E-state index contributed by atoms with van der Waals surface area (Å²) in [6.45, 7) is 0. The molecule has 0 fully saturated rings. The van der Waals surface area contributed by atoms with Gasteiger partial charge in [0.1, 0.15) is 11.9 Å². The van der Waals surface area contributed by atoms with E-state index >= 15 is 0 Å². The molecule has 0 heterocycles. The molecule has 2 aromatic rings. The zero-order valence-electron chi connectivity index (χ0n) is 8.74. The van der Waals surface area contributed by atoms with Crippen LogP contribution in [0.2, 0.25) is 0 Å². The van der Waals surface area contributed by atoms with Crippen LogP contribution < -0.4 is 5.32 Å². The number of halogens is 2. The molecule has 0 radical (unpaired) electrons. The lowest BCUT2D eigenvalue weighted by Crippen LogP contribution is -1.94. The van der Waals surface area contributed by atoms with Gasteiger partial charge in [-0.25, -0.2) is 4.39 Å². The molecule has 0 saturated carbocycles. The van der Waals surface area contributed by atoms with E-state index in [1.54, 1.807) is 6.07 Å². The minimum absolute atomic E-state index is 0.295. The number of nitrogens with one attached hydrogen (secondary N) is 1. The lowest BCUT2D eigenvalue weighted by molar-refractivity contribution is 0.627. The van der Waals surface area contributed by atoms with Crippen LogP contribution in [-0.2, 0) is 0 Å². The fourth-order valence-corrected chi connectivity index (χ4v) is 1.98. The lowest BCUT2D eigenvalue weighted by atomic mass is 10.2. The van der Waals surface area contributed by atoms with Crippen LogP contribution in [0.4, 0.5) is 15.8 Å². The van der Waals surface area contributed by atoms with Crippen LogP contribution >= 0.6 is 22.6 Å². The Morgan fingerprint density at radius 2 is 2.00 bits per heavy atom. The Morgan fingerprint density at radius 1 is 1.18 bits per heavy atom. The van der Waals surface area contributed by atoms with E-state index in [1.807, 2.05) is 30.3 Å². The van der Waals surface area contributed by atoms with Gasteiger partial charge in [0.25, 0.3) is 0 Å². The van der Waals surface area contributed by atoms with Crippen LogP contribution in [0.25, 0.3) is 0 Å². The molecule has 0 aliphatic carbocycles. The molecule has 2 rings (SSSR count). The third kappa shape index (κ3) is 2.94. The Kier molecular flexibility index (Phi) is 3.59. The monoisotopic (exact) mass is 338 g/mol. The first-order valence-electron chi connectivity index (χ1n) is 4.91. The predicted molar refractivity (Wildman–Crippen MR) is 73.6 cm³/mol. The molecule has 0 aliphatic rings. The van der Waals surface area contributed by atoms with Crippen molar-refractivity contribution in [3.05, 3.63) is 57.4 Å². The van der Waals surface area contributed by atoms with Gasteiger partial charge in [0, 0.05) is 9.26 Å². The first-order valence-corrected chi connectivity index (χ1v) is 5.99. The number of hydrogen-bond acceptors (Lipinski definition) is 2. The van der Waals surface area contributed by atoms with Gasteiger partial charge < -0.3 is 5.32 Å². The predicted octanol–water partition coefficient (Wildman–Crippen LogP) is 4.05. The smallest absolute Gasteiger partial charge is 0.124 e. The Labute approximate surface area is 112 Å². The number of nitriles is 1. The number of benzene rings is 2. The van der Waals surface area contributed by atoms with E-state index in [1.165, 1.54) is 12.1 Å². The Balaban J connectivity index is 2.34. The molecule has 0 aliphatic heterocycles. The Hall–Kier alpha value is -1.61. The van der Waals surface area contributed by atoms with Crippen molar-refractivity contribution in [1.29, 1.82) is 5.26 Å². The molecule has 0 atom stereocenters. The van der Waals surface area contributed by atoms with Crippen LogP contribution in [0, 0.1) is 20.7 Å². The van der Waals surface area contributed by atoms with E-state index in [9.17, 15) is 4.39 Å². The SMILES string of the molecule is N#Cc1cc(F)ccc1Nc1cccc(I)c1. The maximum atomic E-state index is 13.0. The van der Waals surface area contributed by atoms with Gasteiger partial charge in [-0.3, -0.25) is 0 Å². The quantitative estimate of drug-likeness (QED) is 0.839. The largest absolute Gasteiger partial charge is 0.354 e. The molecular weight excluding hydrogens is 330 g/mol. The first-order chi connectivity index (χ1) is 8.19. The molecule has 0 bridgehead atoms. The van der Waals surface area contributed by atoms with Gasteiger partial charge in [-0.05, 0) is 59.0 Å². The van der Waals surface area contributed by atoms with Gasteiger partial charge in [0.05, 0.1) is 11.3 Å². The molecule has 0 unspecified atom stereocenters. The van der Waals surface area contributed by atoms with E-state index in [4.69, 9.17) is 5.26 Å². The third-order valence-electron chi connectivity index (χ3n) is 2.21. The molecule has 0 spiro atoms. The van der Waals surface area contributed by atoms with Crippen molar-refractivity contribution >= 4 is 34.0 Å². The second-order valence-electron chi connectivity index (χ2n) is 3.44. The van der Waals surface area contributed by atoms with Crippen molar-refractivity contribution < 1.29 is 4.39 Å². The summed E-state index contributed by atoms with van der Waals surface area (Å²) in [4.78, 5) is 0. The highest BCUT2D eigenvalue weighted by Gasteiger charge is 2.04. The summed E-state index contributed by atoms with van der Waals surface area (Å²) in [7, 11) is 0. The zero-order valence-corrected chi connectivity index (χ0v) is 10.9. The molecular formula is C13H8FIN2. The second kappa shape index (κ2) is 5.15. The molecule has 0 aromatic heterocycles. The highest BCUT2D eigenvalue weighted by molar-refractivity contribution is 14.1. The van der Waals surface area contributed by atoms with Crippen LogP contribution in [-0.4, -0.2) is 0 Å². The number of hydrogen-bond donors (Lipinski definition) is 1. The molecule has 0 saturated heterocycles. The highest BCUT2D eigenvalue weighted by atomic mass is 127. The average Bonchev–Trinajstić information content (AvgIpc) is 2.31. The average molecular weight is 338 g/mol. The van der Waals surface area contributed by atoms with Crippen molar-refractivity contribution in [1.82, 2.24) is 0 Å². The second-order valence-corrected chi connectivity index (χ2v) is 4.68. The Morgan fingerprint density at radius 3 is 2.71 bits per heavy atom. The summed E-state index contributed by atoms with van der Waals surface area (Å²) >= 11 is 2.21. The van der Waals surface area contributed by atoms with Crippen LogP contribution in [0.15, 0.2) is 42.5 Å². The van der Waals surface area contributed by atoms with Crippen molar-refractivity contribution in [2.75, 3.05) is 5.32 Å². The fraction of sp³-hybridized carbons (Fsp3) is 0. The summed E-state index contributed by atoms with van der Waals surface area (Å²) in [5, 5.41) is 12.0. The summed E-state index contributed by atoms with van der Waals surface area (Å²) in [6.07, 6.45) is 0. The molecule has 2 nitrogen and oxygen atoms in total. The van der Waals surface area contributed by atoms with Crippen LogP contribution in [0.1, 0.15) is 5.56 Å². The van der Waals surface area contributed by atoms with Gasteiger partial charge >= 0.3 is 0 Å². The molecule has 84 valence electrons. The first kappa shape index (κ1) is 11.9. The van der Waals surface area contributed by atoms with Crippen LogP contribution in [0.5, 0.6) is 0 Å².